The van der Waals surface area contributed by atoms with Gasteiger partial charge in [0.25, 0.3) is 0 Å². The largest absolute Gasteiger partial charge is 0.480 e. The Morgan fingerprint density at radius 3 is 2.63 bits per heavy atom. The minimum atomic E-state index is -0.893. The van der Waals surface area contributed by atoms with Gasteiger partial charge in [-0.25, -0.2) is 9.59 Å². The van der Waals surface area contributed by atoms with Crippen LogP contribution < -0.4 is 0 Å². The maximum Gasteiger partial charge on any atom is 0.326 e. The number of carboxylic acids is 1. The van der Waals surface area contributed by atoms with E-state index >= 15 is 0 Å². The van der Waals surface area contributed by atoms with Crippen LogP contribution in [-0.2, 0) is 9.53 Å². The van der Waals surface area contributed by atoms with Crippen LogP contribution >= 0.6 is 0 Å². The molecular weight excluding hydrogens is 248 g/mol. The smallest absolute Gasteiger partial charge is 0.326 e. The second-order valence-corrected chi connectivity index (χ2v) is 5.24. The highest BCUT2D eigenvalue weighted by Gasteiger charge is 2.39. The van der Waals surface area contributed by atoms with E-state index in [9.17, 15) is 14.7 Å². The number of carbonyl (C=O) groups excluding carboxylic acids is 1. The molecule has 1 aliphatic heterocycles. The standard InChI is InChI=1S/C13H22N2O4/c1-19-9-8-14(10-5-6-10)13(18)15-7-3-2-4-11(15)12(16)17/h10-11H,2-9H2,1H3,(H,16,17). The van der Waals surface area contributed by atoms with Crippen molar-refractivity contribution in [1.29, 1.82) is 0 Å². The molecule has 6 heteroatoms. The Balaban J connectivity index is 2.03. The molecule has 2 fully saturated rings. The van der Waals surface area contributed by atoms with Crippen LogP contribution in [0, 0.1) is 0 Å². The molecule has 0 aromatic heterocycles. The van der Waals surface area contributed by atoms with Gasteiger partial charge in [0.15, 0.2) is 0 Å². The fourth-order valence-corrected chi connectivity index (χ4v) is 2.59. The first-order valence-electron chi connectivity index (χ1n) is 6.94. The molecule has 1 saturated carbocycles. The van der Waals surface area contributed by atoms with Crippen LogP contribution in [0.2, 0.25) is 0 Å². The Morgan fingerprint density at radius 1 is 1.32 bits per heavy atom. The number of ether oxygens (including phenoxy) is 1. The van der Waals surface area contributed by atoms with Crippen LogP contribution in [-0.4, -0.2) is 65.8 Å². The summed E-state index contributed by atoms with van der Waals surface area (Å²) in [7, 11) is 1.61. The second-order valence-electron chi connectivity index (χ2n) is 5.24. The zero-order chi connectivity index (χ0) is 13.8. The van der Waals surface area contributed by atoms with Crippen molar-refractivity contribution < 1.29 is 19.4 Å². The van der Waals surface area contributed by atoms with Crippen molar-refractivity contribution in [3.05, 3.63) is 0 Å². The third kappa shape index (κ3) is 3.37. The first-order chi connectivity index (χ1) is 9.15. The Kier molecular flexibility index (Phi) is 4.63. The maximum atomic E-state index is 12.5. The molecule has 0 spiro atoms. The number of amides is 2. The highest BCUT2D eigenvalue weighted by molar-refractivity contribution is 5.83. The summed E-state index contributed by atoms with van der Waals surface area (Å²) in [5.74, 6) is -0.893. The number of nitrogens with zero attached hydrogens (tertiary/aromatic N) is 2. The van der Waals surface area contributed by atoms with Gasteiger partial charge < -0.3 is 19.6 Å². The zero-order valence-corrected chi connectivity index (χ0v) is 11.4. The topological polar surface area (TPSA) is 70.1 Å². The molecule has 1 aliphatic carbocycles. The van der Waals surface area contributed by atoms with Crippen molar-refractivity contribution in [2.24, 2.45) is 0 Å². The third-order valence-corrected chi connectivity index (χ3v) is 3.80. The van der Waals surface area contributed by atoms with Gasteiger partial charge in [-0.05, 0) is 32.1 Å². The Hall–Kier alpha value is -1.30. The lowest BCUT2D eigenvalue weighted by Gasteiger charge is -2.37. The van der Waals surface area contributed by atoms with Crippen molar-refractivity contribution in [3.8, 4) is 0 Å². The lowest BCUT2D eigenvalue weighted by Crippen LogP contribution is -2.54. The zero-order valence-electron chi connectivity index (χ0n) is 11.4. The number of piperidine rings is 1. The van der Waals surface area contributed by atoms with Gasteiger partial charge in [-0.15, -0.1) is 0 Å². The van der Waals surface area contributed by atoms with E-state index in [2.05, 4.69) is 0 Å². The van der Waals surface area contributed by atoms with Gasteiger partial charge in [0.1, 0.15) is 6.04 Å². The fourth-order valence-electron chi connectivity index (χ4n) is 2.59. The number of carboxylic acid groups (broad SMARTS) is 1. The first-order valence-corrected chi connectivity index (χ1v) is 6.94. The summed E-state index contributed by atoms with van der Waals surface area (Å²) in [6, 6.07) is -0.518. The number of likely N-dealkylation sites (tertiary alicyclic amines) is 1. The van der Waals surface area contributed by atoms with Gasteiger partial charge in [0.2, 0.25) is 0 Å². The molecule has 2 aliphatic rings. The highest BCUT2D eigenvalue weighted by Crippen LogP contribution is 2.29. The molecular formula is C13H22N2O4. The van der Waals surface area contributed by atoms with Crippen LogP contribution in [0.3, 0.4) is 0 Å². The molecule has 6 nitrogen and oxygen atoms in total. The van der Waals surface area contributed by atoms with Crippen LogP contribution in [0.25, 0.3) is 0 Å². The van der Waals surface area contributed by atoms with Crippen LogP contribution in [0.5, 0.6) is 0 Å². The number of aliphatic carboxylic acids is 1. The average molecular weight is 270 g/mol. The van der Waals surface area contributed by atoms with E-state index in [0.717, 1.165) is 25.7 Å². The van der Waals surface area contributed by atoms with Crippen molar-refractivity contribution >= 4 is 12.0 Å². The summed E-state index contributed by atoms with van der Waals surface area (Å²) < 4.78 is 5.03. The minimum absolute atomic E-state index is 0.133. The molecule has 1 heterocycles. The molecule has 1 atom stereocenters. The van der Waals surface area contributed by atoms with E-state index < -0.39 is 12.0 Å². The minimum Gasteiger partial charge on any atom is -0.480 e. The van der Waals surface area contributed by atoms with E-state index in [0.29, 0.717) is 26.1 Å². The van der Waals surface area contributed by atoms with Gasteiger partial charge in [0, 0.05) is 26.2 Å². The third-order valence-electron chi connectivity index (χ3n) is 3.80. The second kappa shape index (κ2) is 6.23. The monoisotopic (exact) mass is 270 g/mol. The normalized spacial score (nSPS) is 23.2. The predicted octanol–water partition coefficient (Wildman–Crippen LogP) is 1.16. The number of hydrogen-bond acceptors (Lipinski definition) is 3. The number of carbonyl (C=O) groups is 2. The summed E-state index contributed by atoms with van der Waals surface area (Å²) in [6.45, 7) is 1.59. The van der Waals surface area contributed by atoms with Crippen LogP contribution in [0.15, 0.2) is 0 Å². The molecule has 1 N–H and O–H groups in total. The number of methoxy groups -OCH3 is 1. The molecule has 1 unspecified atom stereocenters. The average Bonchev–Trinajstić information content (AvgIpc) is 3.23. The Morgan fingerprint density at radius 2 is 2.05 bits per heavy atom. The van der Waals surface area contributed by atoms with E-state index in [1.54, 1.807) is 12.0 Å². The van der Waals surface area contributed by atoms with E-state index in [-0.39, 0.29) is 12.1 Å². The van der Waals surface area contributed by atoms with E-state index in [1.807, 2.05) is 0 Å². The summed E-state index contributed by atoms with van der Waals surface area (Å²) >= 11 is 0. The van der Waals surface area contributed by atoms with Crippen molar-refractivity contribution in [3.63, 3.8) is 0 Å². The van der Waals surface area contributed by atoms with Crippen molar-refractivity contribution in [1.82, 2.24) is 9.80 Å². The molecule has 0 aromatic carbocycles. The lowest BCUT2D eigenvalue weighted by molar-refractivity contribution is -0.143. The van der Waals surface area contributed by atoms with E-state index in [4.69, 9.17) is 4.74 Å². The Bertz CT molecular complexity index is 344. The van der Waals surface area contributed by atoms with Crippen LogP contribution in [0.4, 0.5) is 4.79 Å². The Labute approximate surface area is 113 Å². The molecule has 108 valence electrons. The molecule has 1 saturated heterocycles. The number of hydrogen-bond donors (Lipinski definition) is 1. The molecule has 2 rings (SSSR count). The molecule has 2 amide bonds. The summed E-state index contributed by atoms with van der Waals surface area (Å²) in [4.78, 5) is 27.1. The SMILES string of the molecule is COCCN(C(=O)N1CCCCC1C(=O)O)C1CC1. The van der Waals surface area contributed by atoms with Gasteiger partial charge in [-0.1, -0.05) is 0 Å². The summed E-state index contributed by atoms with van der Waals surface area (Å²) in [5, 5.41) is 9.23. The fraction of sp³-hybridized carbons (Fsp3) is 0.846. The first kappa shape index (κ1) is 14.1. The number of rotatable bonds is 5. The maximum absolute atomic E-state index is 12.5. The summed E-state index contributed by atoms with van der Waals surface area (Å²) in [5.41, 5.74) is 0. The molecule has 0 bridgehead atoms. The van der Waals surface area contributed by atoms with Crippen molar-refractivity contribution in [2.45, 2.75) is 44.2 Å². The molecule has 19 heavy (non-hydrogen) atoms. The summed E-state index contributed by atoms with van der Waals surface area (Å²) in [6.07, 6.45) is 4.35. The predicted molar refractivity (Wildman–Crippen MR) is 69.0 cm³/mol. The quantitative estimate of drug-likeness (QED) is 0.813. The van der Waals surface area contributed by atoms with Gasteiger partial charge in [-0.2, -0.15) is 0 Å². The van der Waals surface area contributed by atoms with E-state index in [1.165, 1.54) is 4.90 Å². The number of urea groups is 1. The molecule has 0 radical (unpaired) electrons. The van der Waals surface area contributed by atoms with Gasteiger partial charge in [0.05, 0.1) is 6.61 Å². The van der Waals surface area contributed by atoms with Gasteiger partial charge >= 0.3 is 12.0 Å². The highest BCUT2D eigenvalue weighted by atomic mass is 16.5. The lowest BCUT2D eigenvalue weighted by atomic mass is 10.0. The van der Waals surface area contributed by atoms with Crippen LogP contribution in [0.1, 0.15) is 32.1 Å². The van der Waals surface area contributed by atoms with Crippen molar-refractivity contribution in [2.75, 3.05) is 26.8 Å². The molecule has 0 aromatic rings. The van der Waals surface area contributed by atoms with Gasteiger partial charge in [-0.3, -0.25) is 0 Å².